The molecule has 1 amide bonds. The van der Waals surface area contributed by atoms with Crippen LogP contribution in [0.15, 0.2) is 18.2 Å². The smallest absolute Gasteiger partial charge is 0.228 e. The van der Waals surface area contributed by atoms with E-state index in [1.165, 1.54) is 23.1 Å². The second-order valence-electron chi connectivity index (χ2n) is 3.62. The molecule has 4 nitrogen and oxygen atoms in total. The molecule has 82 valence electrons. The van der Waals surface area contributed by atoms with Gasteiger partial charge in [0.25, 0.3) is 0 Å². The molecule has 1 unspecified atom stereocenters. The number of hydrogen-bond donors (Lipinski definition) is 1. The Bertz CT molecular complexity index is 481. The largest absolute Gasteiger partial charge is 0.506 e. The number of phenolic OH excluding ortho intramolecular Hbond substituents is 1. The molecule has 0 saturated carbocycles. The summed E-state index contributed by atoms with van der Waals surface area (Å²) in [4.78, 5) is 13.2. The Kier molecular flexibility index (Phi) is 2.84. The Morgan fingerprint density at radius 3 is 2.88 bits per heavy atom. The number of alkyl halides is 1. The fourth-order valence-electron chi connectivity index (χ4n) is 1.71. The van der Waals surface area contributed by atoms with E-state index in [1.54, 1.807) is 0 Å². The summed E-state index contributed by atoms with van der Waals surface area (Å²) in [7, 11) is 0. The van der Waals surface area contributed by atoms with Gasteiger partial charge in [-0.25, -0.2) is 0 Å². The molecule has 0 bridgehead atoms. The first kappa shape index (κ1) is 11.0. The standard InChI is InChI=1S/C11H9BrN2O2/c12-8-4-11(16)14(6-8)9-3-7(5-13)1-2-10(9)15/h1-3,8,15H,4,6H2. The number of halogens is 1. The van der Waals surface area contributed by atoms with Crippen LogP contribution in [0.25, 0.3) is 0 Å². The summed E-state index contributed by atoms with van der Waals surface area (Å²) >= 11 is 3.37. The van der Waals surface area contributed by atoms with Gasteiger partial charge in [-0.05, 0) is 18.2 Å². The lowest BCUT2D eigenvalue weighted by molar-refractivity contribution is -0.117. The van der Waals surface area contributed by atoms with E-state index in [-0.39, 0.29) is 16.5 Å². The summed E-state index contributed by atoms with van der Waals surface area (Å²) in [5, 5.41) is 18.4. The number of anilines is 1. The highest BCUT2D eigenvalue weighted by Gasteiger charge is 2.30. The Morgan fingerprint density at radius 2 is 2.31 bits per heavy atom. The molecule has 1 aromatic carbocycles. The molecule has 16 heavy (non-hydrogen) atoms. The van der Waals surface area contributed by atoms with Gasteiger partial charge in [0.05, 0.1) is 17.3 Å². The van der Waals surface area contributed by atoms with E-state index >= 15 is 0 Å². The summed E-state index contributed by atoms with van der Waals surface area (Å²) in [6, 6.07) is 6.46. The Morgan fingerprint density at radius 1 is 1.56 bits per heavy atom. The average Bonchev–Trinajstić information content (AvgIpc) is 2.58. The van der Waals surface area contributed by atoms with Gasteiger partial charge in [-0.15, -0.1) is 0 Å². The maximum Gasteiger partial charge on any atom is 0.228 e. The Hall–Kier alpha value is -1.54. The van der Waals surface area contributed by atoms with E-state index in [0.29, 0.717) is 24.2 Å². The molecule has 1 aliphatic rings. The van der Waals surface area contributed by atoms with Crippen molar-refractivity contribution >= 4 is 27.5 Å². The van der Waals surface area contributed by atoms with Crippen LogP contribution in [0.2, 0.25) is 0 Å². The fourth-order valence-corrected chi connectivity index (χ4v) is 2.27. The highest BCUT2D eigenvalue weighted by Crippen LogP contribution is 2.32. The van der Waals surface area contributed by atoms with Crippen molar-refractivity contribution in [1.82, 2.24) is 0 Å². The first-order valence-corrected chi connectivity index (χ1v) is 5.71. The Balaban J connectivity index is 2.40. The summed E-state index contributed by atoms with van der Waals surface area (Å²) < 4.78 is 0. The number of nitriles is 1. The number of benzene rings is 1. The minimum absolute atomic E-state index is 0.0222. The zero-order valence-corrected chi connectivity index (χ0v) is 9.94. The molecule has 2 rings (SSSR count). The third-order valence-corrected chi connectivity index (χ3v) is 3.09. The maximum absolute atomic E-state index is 11.6. The van der Waals surface area contributed by atoms with Crippen LogP contribution in [0.3, 0.4) is 0 Å². The van der Waals surface area contributed by atoms with Crippen molar-refractivity contribution in [3.05, 3.63) is 23.8 Å². The minimum Gasteiger partial charge on any atom is -0.506 e. The second kappa shape index (κ2) is 4.14. The van der Waals surface area contributed by atoms with Crippen LogP contribution < -0.4 is 4.90 Å². The quantitative estimate of drug-likeness (QED) is 0.798. The molecule has 1 fully saturated rings. The first-order valence-electron chi connectivity index (χ1n) is 4.79. The Labute approximate surface area is 101 Å². The highest BCUT2D eigenvalue weighted by molar-refractivity contribution is 9.09. The van der Waals surface area contributed by atoms with Crippen molar-refractivity contribution in [2.75, 3.05) is 11.4 Å². The van der Waals surface area contributed by atoms with Crippen LogP contribution in [0.4, 0.5) is 5.69 Å². The summed E-state index contributed by atoms with van der Waals surface area (Å²) in [6.45, 7) is 0.515. The number of nitrogens with zero attached hydrogens (tertiary/aromatic N) is 2. The van der Waals surface area contributed by atoms with Gasteiger partial charge < -0.3 is 10.0 Å². The number of hydrogen-bond acceptors (Lipinski definition) is 3. The van der Waals surface area contributed by atoms with E-state index in [0.717, 1.165) is 0 Å². The van der Waals surface area contributed by atoms with Crippen LogP contribution >= 0.6 is 15.9 Å². The van der Waals surface area contributed by atoms with Crippen molar-refractivity contribution in [2.45, 2.75) is 11.2 Å². The van der Waals surface area contributed by atoms with Gasteiger partial charge in [0, 0.05) is 17.8 Å². The molecule has 0 aromatic heterocycles. The third kappa shape index (κ3) is 1.89. The topological polar surface area (TPSA) is 64.3 Å². The molecule has 0 aliphatic carbocycles. The predicted octanol–water partition coefficient (Wildman–Crippen LogP) is 1.76. The second-order valence-corrected chi connectivity index (χ2v) is 4.92. The molecule has 1 aliphatic heterocycles. The number of amides is 1. The first-order chi connectivity index (χ1) is 7.61. The molecular weight excluding hydrogens is 272 g/mol. The van der Waals surface area contributed by atoms with Gasteiger partial charge in [0.1, 0.15) is 5.75 Å². The van der Waals surface area contributed by atoms with Gasteiger partial charge in [0.15, 0.2) is 0 Å². The maximum atomic E-state index is 11.6. The van der Waals surface area contributed by atoms with E-state index in [9.17, 15) is 9.90 Å². The van der Waals surface area contributed by atoms with E-state index in [4.69, 9.17) is 5.26 Å². The van der Waals surface area contributed by atoms with Gasteiger partial charge >= 0.3 is 0 Å². The number of phenols is 1. The highest BCUT2D eigenvalue weighted by atomic mass is 79.9. The lowest BCUT2D eigenvalue weighted by Crippen LogP contribution is -2.24. The van der Waals surface area contributed by atoms with Crippen molar-refractivity contribution in [3.8, 4) is 11.8 Å². The molecule has 0 spiro atoms. The van der Waals surface area contributed by atoms with Crippen LogP contribution in [-0.4, -0.2) is 22.4 Å². The van der Waals surface area contributed by atoms with E-state index < -0.39 is 0 Å². The molecule has 1 saturated heterocycles. The van der Waals surface area contributed by atoms with Crippen molar-refractivity contribution in [3.63, 3.8) is 0 Å². The molecule has 1 aromatic rings. The molecule has 1 N–H and O–H groups in total. The number of carbonyl (C=O) groups is 1. The zero-order valence-electron chi connectivity index (χ0n) is 8.35. The lowest BCUT2D eigenvalue weighted by atomic mass is 10.2. The van der Waals surface area contributed by atoms with Crippen molar-refractivity contribution < 1.29 is 9.90 Å². The van der Waals surface area contributed by atoms with Crippen LogP contribution in [0.1, 0.15) is 12.0 Å². The van der Waals surface area contributed by atoms with Crippen LogP contribution in [0.5, 0.6) is 5.75 Å². The van der Waals surface area contributed by atoms with Crippen molar-refractivity contribution in [2.24, 2.45) is 0 Å². The predicted molar refractivity (Wildman–Crippen MR) is 62.5 cm³/mol. The minimum atomic E-state index is -0.0488. The van der Waals surface area contributed by atoms with Gasteiger partial charge in [-0.2, -0.15) is 5.26 Å². The molecule has 1 heterocycles. The molecule has 1 atom stereocenters. The average molecular weight is 281 g/mol. The van der Waals surface area contributed by atoms with Crippen LogP contribution in [-0.2, 0) is 4.79 Å². The number of aromatic hydroxyl groups is 1. The molecule has 5 heteroatoms. The SMILES string of the molecule is N#Cc1ccc(O)c(N2CC(Br)CC2=O)c1. The van der Waals surface area contributed by atoms with Crippen molar-refractivity contribution in [1.29, 1.82) is 5.26 Å². The summed E-state index contributed by atoms with van der Waals surface area (Å²) in [6.07, 6.45) is 0.413. The van der Waals surface area contributed by atoms with E-state index in [1.807, 2.05) is 6.07 Å². The number of rotatable bonds is 1. The molecule has 0 radical (unpaired) electrons. The summed E-state index contributed by atoms with van der Waals surface area (Å²) in [5.41, 5.74) is 0.838. The summed E-state index contributed by atoms with van der Waals surface area (Å²) in [5.74, 6) is -0.0267. The number of carbonyl (C=O) groups excluding carboxylic acids is 1. The third-order valence-electron chi connectivity index (χ3n) is 2.47. The lowest BCUT2D eigenvalue weighted by Gasteiger charge is -2.17. The fraction of sp³-hybridized carbons (Fsp3) is 0.273. The van der Waals surface area contributed by atoms with E-state index in [2.05, 4.69) is 15.9 Å². The normalized spacial score (nSPS) is 19.9. The monoisotopic (exact) mass is 280 g/mol. The van der Waals surface area contributed by atoms with Crippen LogP contribution in [0, 0.1) is 11.3 Å². The molecular formula is C11H9BrN2O2. The van der Waals surface area contributed by atoms with Gasteiger partial charge in [0.2, 0.25) is 5.91 Å². The zero-order chi connectivity index (χ0) is 11.7. The van der Waals surface area contributed by atoms with Gasteiger partial charge in [-0.3, -0.25) is 4.79 Å². The van der Waals surface area contributed by atoms with Gasteiger partial charge in [-0.1, -0.05) is 15.9 Å².